The van der Waals surface area contributed by atoms with Crippen molar-refractivity contribution in [1.82, 2.24) is 0 Å². The zero-order valence-electron chi connectivity index (χ0n) is 53.8. The summed E-state index contributed by atoms with van der Waals surface area (Å²) in [5.41, 5.74) is 24.3. The average Bonchev–Trinajstić information content (AvgIpc) is 3.54. The molecule has 0 spiro atoms. The van der Waals surface area contributed by atoms with Crippen LogP contribution in [-0.2, 0) is 64.2 Å². The van der Waals surface area contributed by atoms with Gasteiger partial charge in [-0.2, -0.15) is 0 Å². The summed E-state index contributed by atoms with van der Waals surface area (Å²) in [6.45, 7) is 54.9. The largest absolute Gasteiger partial charge is 0.0985 e. The van der Waals surface area contributed by atoms with E-state index in [1.54, 1.807) is 0 Å². The van der Waals surface area contributed by atoms with Gasteiger partial charge in [0.15, 0.2) is 0 Å². The van der Waals surface area contributed by atoms with Crippen LogP contribution in [0.15, 0.2) is 192 Å². The number of rotatable bonds is 20. The molecule has 0 atom stereocenters. The third-order valence-electron chi connectivity index (χ3n) is 14.3. The maximum Gasteiger partial charge on any atom is -0.0199 e. The van der Waals surface area contributed by atoms with Crippen molar-refractivity contribution in [3.63, 3.8) is 0 Å². The van der Waals surface area contributed by atoms with Gasteiger partial charge < -0.3 is 0 Å². The smallest absolute Gasteiger partial charge is 0.0199 e. The molecule has 0 bridgehead atoms. The second-order valence-corrected chi connectivity index (χ2v) is 21.0. The van der Waals surface area contributed by atoms with Crippen LogP contribution >= 0.6 is 0 Å². The van der Waals surface area contributed by atoms with E-state index < -0.39 is 0 Å². The summed E-state index contributed by atoms with van der Waals surface area (Å²) in [5, 5.41) is 0. The molecule has 0 aromatic heterocycles. The number of hydrogen-bond acceptors (Lipinski definition) is 0. The summed E-state index contributed by atoms with van der Waals surface area (Å²) in [6, 6.07) is 51.8. The molecule has 7 rings (SSSR count). The Labute approximate surface area is 504 Å². The Kier molecular flexibility index (Phi) is 38.5. The third kappa shape index (κ3) is 27.5. The van der Waals surface area contributed by atoms with Crippen molar-refractivity contribution in [2.75, 3.05) is 0 Å². The quantitative estimate of drug-likeness (QED) is 0.0714. The van der Waals surface area contributed by atoms with E-state index in [9.17, 15) is 0 Å². The van der Waals surface area contributed by atoms with Crippen molar-refractivity contribution in [3.05, 3.63) is 292 Å². The van der Waals surface area contributed by atoms with Gasteiger partial charge in [0.25, 0.3) is 0 Å². The molecule has 7 aromatic rings. The molecule has 0 saturated heterocycles. The van der Waals surface area contributed by atoms with Crippen LogP contribution in [-0.4, -0.2) is 0 Å². The minimum absolute atomic E-state index is 0.619. The second-order valence-electron chi connectivity index (χ2n) is 21.0. The Morgan fingerprint density at radius 1 is 0.329 bits per heavy atom. The maximum atomic E-state index is 3.85. The van der Waals surface area contributed by atoms with Gasteiger partial charge in [0, 0.05) is 0 Å². The molecule has 0 saturated carbocycles. The van der Waals surface area contributed by atoms with E-state index in [1.807, 2.05) is 42.5 Å². The van der Waals surface area contributed by atoms with Crippen molar-refractivity contribution in [2.45, 2.75) is 167 Å². The monoisotopic (exact) mass is 1090 g/mol. The molecule has 0 nitrogen and oxygen atoms in total. The Balaban J connectivity index is 0.000000478. The van der Waals surface area contributed by atoms with Gasteiger partial charge in [-0.3, -0.25) is 0 Å². The van der Waals surface area contributed by atoms with Crippen molar-refractivity contribution in [3.8, 4) is 0 Å². The van der Waals surface area contributed by atoms with E-state index in [2.05, 4.69) is 282 Å². The lowest BCUT2D eigenvalue weighted by atomic mass is 9.97. The van der Waals surface area contributed by atoms with Crippen LogP contribution in [0.5, 0.6) is 0 Å². The summed E-state index contributed by atoms with van der Waals surface area (Å²) in [4.78, 5) is 0. The predicted molar refractivity (Wildman–Crippen MR) is 377 cm³/mol. The zero-order chi connectivity index (χ0) is 61.2. The third-order valence-corrected chi connectivity index (χ3v) is 14.3. The summed E-state index contributed by atoms with van der Waals surface area (Å²) in [6.07, 6.45) is 25.7. The van der Waals surface area contributed by atoms with Gasteiger partial charge in [-0.05, 0) is 176 Å². The van der Waals surface area contributed by atoms with E-state index in [0.29, 0.717) is 5.92 Å². The van der Waals surface area contributed by atoms with Gasteiger partial charge in [0.05, 0.1) is 0 Å². The molecule has 0 unspecified atom stereocenters. The Hall–Kier alpha value is -7.28. The van der Waals surface area contributed by atoms with Crippen LogP contribution in [0.4, 0.5) is 0 Å². The molecule has 436 valence electrons. The van der Waals surface area contributed by atoms with E-state index in [4.69, 9.17) is 0 Å². The lowest BCUT2D eigenvalue weighted by molar-refractivity contribution is 0.647. The highest BCUT2D eigenvalue weighted by Gasteiger charge is 2.04. The van der Waals surface area contributed by atoms with Crippen LogP contribution in [0.1, 0.15) is 202 Å². The van der Waals surface area contributed by atoms with Gasteiger partial charge in [0.2, 0.25) is 0 Å². The average molecular weight is 1090 g/mol. The fraction of sp³-hybridized carbons (Fsp3) is 0.317. The molecule has 0 aliphatic carbocycles. The van der Waals surface area contributed by atoms with Crippen LogP contribution in [0, 0.1) is 5.92 Å². The first-order valence-corrected chi connectivity index (χ1v) is 30.7. The molecule has 0 heterocycles. The van der Waals surface area contributed by atoms with E-state index in [0.717, 1.165) is 63.7 Å². The molecule has 0 aliphatic heterocycles. The Morgan fingerprint density at radius 3 is 1.13 bits per heavy atom. The van der Waals surface area contributed by atoms with Gasteiger partial charge in [-0.1, -0.05) is 331 Å². The maximum absolute atomic E-state index is 3.85. The van der Waals surface area contributed by atoms with E-state index >= 15 is 0 Å². The molecule has 0 N–H and O–H groups in total. The van der Waals surface area contributed by atoms with Gasteiger partial charge >= 0.3 is 0 Å². The molecule has 0 fully saturated rings. The van der Waals surface area contributed by atoms with Crippen molar-refractivity contribution >= 4 is 42.5 Å². The Bertz CT molecular complexity index is 2860. The van der Waals surface area contributed by atoms with E-state index in [1.165, 1.54) is 113 Å². The lowest BCUT2D eigenvalue weighted by Gasteiger charge is -2.08. The summed E-state index contributed by atoms with van der Waals surface area (Å²) < 4.78 is 0. The standard InChI is InChI=1S/5C12H16.2C11H14/c1-4-11-5-7-12(8-6-11)9-10(2)3;1-4-10-7-11(5-2)9-12(6-3)8-10;1-4-10-7-8-11(5-2)12(6-3)9-10;2*1-4-10-8-7-9-11(5-2)12(10)6-3;1-4-10-5-7-11(8-6-10)9(2)3;1-3-5-11-8-6-10(4-2)7-9-11/h4-8,10H,1,9H2,2-3H3;4,7-9H,1,5-6H2,2-3H3;5,7-9H,2,4,6H2,1,3H3;6-9H,3-5H2,1-2H3;4,7-9H,1,5-6H2,2-3H3;4-9H,1H2,2-3H3;4,6-9H,2-3,5H2,1H3. The summed E-state index contributed by atoms with van der Waals surface area (Å²) in [5.74, 6) is 1.36. The molecule has 0 heteroatoms. The number of aryl methyl sites for hydroxylation is 8. The zero-order valence-corrected chi connectivity index (χ0v) is 53.8. The van der Waals surface area contributed by atoms with Crippen LogP contribution in [0.2, 0.25) is 0 Å². The Morgan fingerprint density at radius 2 is 0.756 bits per heavy atom. The molecule has 0 aliphatic rings. The topological polar surface area (TPSA) is 0 Å². The lowest BCUT2D eigenvalue weighted by Crippen LogP contribution is -1.93. The summed E-state index contributed by atoms with van der Waals surface area (Å²) in [7, 11) is 0. The fourth-order valence-electron chi connectivity index (χ4n) is 9.24. The fourth-order valence-corrected chi connectivity index (χ4v) is 9.24. The van der Waals surface area contributed by atoms with E-state index in [-0.39, 0.29) is 0 Å². The van der Waals surface area contributed by atoms with Crippen molar-refractivity contribution in [2.24, 2.45) is 5.92 Å². The number of hydrogen-bond donors (Lipinski definition) is 0. The van der Waals surface area contributed by atoms with Crippen molar-refractivity contribution < 1.29 is 0 Å². The van der Waals surface area contributed by atoms with Crippen LogP contribution < -0.4 is 0 Å². The normalized spacial score (nSPS) is 9.89. The van der Waals surface area contributed by atoms with Crippen molar-refractivity contribution in [1.29, 1.82) is 0 Å². The highest BCUT2D eigenvalue weighted by atomic mass is 14.1. The first-order valence-electron chi connectivity index (χ1n) is 30.7. The van der Waals surface area contributed by atoms with Gasteiger partial charge in [0.1, 0.15) is 0 Å². The molecular formula is C82H108. The number of benzene rings is 7. The molecule has 0 radical (unpaired) electrons. The van der Waals surface area contributed by atoms with Gasteiger partial charge in [-0.25, -0.2) is 0 Å². The molecule has 82 heavy (non-hydrogen) atoms. The second kappa shape index (κ2) is 43.5. The van der Waals surface area contributed by atoms with Crippen LogP contribution in [0.25, 0.3) is 42.5 Å². The molecule has 0 amide bonds. The minimum Gasteiger partial charge on any atom is -0.0985 e. The highest BCUT2D eigenvalue weighted by molar-refractivity contribution is 5.57. The first kappa shape index (κ1) is 72.7. The SMILES string of the molecule is C=Cc1c(CC)cccc1CC.C=Cc1cc(CC)cc(CC)c1.C=Cc1ccc(C(C)C)cc1.C=Cc1ccc(CC(C)C)cc1.C=Cc1ccc(CC)cc1CC.C=Cc1ccc(CCC)cc1.C=Cc1cccc(CC)c1CC. The molecule has 7 aromatic carbocycles. The van der Waals surface area contributed by atoms with Crippen LogP contribution in [0.3, 0.4) is 0 Å². The summed E-state index contributed by atoms with van der Waals surface area (Å²) >= 11 is 0. The first-order chi connectivity index (χ1) is 39.6. The highest BCUT2D eigenvalue weighted by Crippen LogP contribution is 2.20. The molecular weight excluding hydrogens is 985 g/mol. The minimum atomic E-state index is 0.619. The van der Waals surface area contributed by atoms with Gasteiger partial charge in [-0.15, -0.1) is 0 Å². The predicted octanol–water partition coefficient (Wildman–Crippen LogP) is 24.1.